The number of ether oxygens (including phenoxy) is 2. The van der Waals surface area contributed by atoms with Gasteiger partial charge < -0.3 is 20.5 Å². The van der Waals surface area contributed by atoms with E-state index in [1.807, 2.05) is 0 Å². The third-order valence-electron chi connectivity index (χ3n) is 2.64. The third-order valence-corrected chi connectivity index (χ3v) is 2.64. The van der Waals surface area contributed by atoms with Crippen molar-refractivity contribution in [3.8, 4) is 5.75 Å². The number of hydrogen-bond donors (Lipinski definition) is 2. The molecule has 10 nitrogen and oxygen atoms in total. The fourth-order valence-electron chi connectivity index (χ4n) is 1.45. The molecule has 0 radical (unpaired) electrons. The number of nitrogens with zero attached hydrogens (tertiary/aromatic N) is 1. The van der Waals surface area contributed by atoms with E-state index in [2.05, 4.69) is 10.1 Å². The number of amides is 1. The predicted octanol–water partition coefficient (Wildman–Crippen LogP) is 0.0847. The molecule has 1 unspecified atom stereocenters. The molecule has 3 N–H and O–H groups in total. The summed E-state index contributed by atoms with van der Waals surface area (Å²) < 4.78 is 9.24. The summed E-state index contributed by atoms with van der Waals surface area (Å²) in [6, 6.07) is 3.71. The van der Waals surface area contributed by atoms with E-state index in [-0.39, 0.29) is 34.8 Å². The fourth-order valence-corrected chi connectivity index (χ4v) is 1.45. The molecule has 132 valence electrons. The highest BCUT2D eigenvalue weighted by Crippen LogP contribution is 2.17. The van der Waals surface area contributed by atoms with E-state index in [1.54, 1.807) is 0 Å². The van der Waals surface area contributed by atoms with Crippen molar-refractivity contribution in [1.29, 1.82) is 0 Å². The number of hydrogen-bond acceptors (Lipinski definition) is 8. The molecule has 0 aliphatic carbocycles. The molecule has 0 heterocycles. The number of esters is 2. The number of nitrogens with two attached hydrogens (primary N) is 1. The van der Waals surface area contributed by atoms with Gasteiger partial charge in [-0.2, -0.15) is 0 Å². The van der Waals surface area contributed by atoms with Crippen LogP contribution >= 0.6 is 17.0 Å². The number of methoxy groups -OCH3 is 1. The number of carbonyl (C=O) groups excluding carboxylic acids is 3. The van der Waals surface area contributed by atoms with Gasteiger partial charge in [0.25, 0.3) is 5.69 Å². The summed E-state index contributed by atoms with van der Waals surface area (Å²) in [5.74, 6) is -2.07. The SMILES string of the molecule is Br.COC(=O)CC(N)C(=O)NCC(=O)Oc1ccc([N+](=O)[O-])cc1. The first-order chi connectivity index (χ1) is 10.8. The number of halogens is 1. The Balaban J connectivity index is 0.00000529. The predicted molar refractivity (Wildman–Crippen MR) is 86.7 cm³/mol. The Morgan fingerprint density at radius 1 is 1.25 bits per heavy atom. The van der Waals surface area contributed by atoms with Crippen LogP contribution in [0.4, 0.5) is 5.69 Å². The van der Waals surface area contributed by atoms with E-state index in [9.17, 15) is 24.5 Å². The Hall–Kier alpha value is -2.53. The summed E-state index contributed by atoms with van der Waals surface area (Å²) >= 11 is 0. The summed E-state index contributed by atoms with van der Waals surface area (Å²) in [5.41, 5.74) is 5.30. The van der Waals surface area contributed by atoms with E-state index < -0.39 is 35.4 Å². The molecule has 1 amide bonds. The molecule has 1 aromatic carbocycles. The lowest BCUT2D eigenvalue weighted by atomic mass is 10.2. The number of nitro groups is 1. The second kappa shape index (κ2) is 10.3. The Kier molecular flexibility index (Phi) is 9.20. The molecule has 0 aromatic heterocycles. The number of benzene rings is 1. The maximum absolute atomic E-state index is 11.5. The van der Waals surface area contributed by atoms with Crippen molar-refractivity contribution in [3.05, 3.63) is 34.4 Å². The van der Waals surface area contributed by atoms with Crippen LogP contribution < -0.4 is 15.8 Å². The smallest absolute Gasteiger partial charge is 0.330 e. The highest BCUT2D eigenvalue weighted by atomic mass is 79.9. The lowest BCUT2D eigenvalue weighted by molar-refractivity contribution is -0.384. The van der Waals surface area contributed by atoms with Gasteiger partial charge >= 0.3 is 11.9 Å². The first-order valence-electron chi connectivity index (χ1n) is 6.38. The number of rotatable bonds is 7. The Morgan fingerprint density at radius 2 is 1.83 bits per heavy atom. The van der Waals surface area contributed by atoms with Gasteiger partial charge in [-0.3, -0.25) is 19.7 Å². The summed E-state index contributed by atoms with van der Waals surface area (Å²) in [7, 11) is 1.16. The van der Waals surface area contributed by atoms with Crippen LogP contribution in [-0.2, 0) is 19.1 Å². The molecule has 0 saturated heterocycles. The summed E-state index contributed by atoms with van der Waals surface area (Å²) in [4.78, 5) is 43.9. The zero-order valence-corrected chi connectivity index (χ0v) is 14.3. The molecule has 0 saturated carbocycles. The number of nitro benzene ring substituents is 1. The van der Waals surface area contributed by atoms with Gasteiger partial charge in [-0.1, -0.05) is 0 Å². The van der Waals surface area contributed by atoms with E-state index in [0.29, 0.717) is 0 Å². The van der Waals surface area contributed by atoms with Crippen LogP contribution in [-0.4, -0.2) is 42.5 Å². The van der Waals surface area contributed by atoms with Crippen molar-refractivity contribution in [2.45, 2.75) is 12.5 Å². The van der Waals surface area contributed by atoms with Gasteiger partial charge in [0, 0.05) is 12.1 Å². The molecule has 1 atom stereocenters. The van der Waals surface area contributed by atoms with Crippen molar-refractivity contribution >= 4 is 40.5 Å². The van der Waals surface area contributed by atoms with Crippen molar-refractivity contribution in [3.63, 3.8) is 0 Å². The van der Waals surface area contributed by atoms with Gasteiger partial charge in [-0.15, -0.1) is 17.0 Å². The molecular formula is C13H16BrN3O7. The van der Waals surface area contributed by atoms with Crippen molar-refractivity contribution in [2.24, 2.45) is 5.73 Å². The third kappa shape index (κ3) is 7.15. The second-order valence-electron chi connectivity index (χ2n) is 4.33. The zero-order chi connectivity index (χ0) is 17.4. The lowest BCUT2D eigenvalue weighted by Crippen LogP contribution is -2.44. The van der Waals surface area contributed by atoms with Gasteiger partial charge in [0.1, 0.15) is 12.3 Å². The van der Waals surface area contributed by atoms with Crippen molar-refractivity contribution in [1.82, 2.24) is 5.32 Å². The topological polar surface area (TPSA) is 151 Å². The van der Waals surface area contributed by atoms with Crippen LogP contribution in [0.25, 0.3) is 0 Å². The molecule has 0 fully saturated rings. The van der Waals surface area contributed by atoms with Gasteiger partial charge in [0.2, 0.25) is 5.91 Å². The maximum atomic E-state index is 11.5. The number of nitrogens with one attached hydrogen (secondary N) is 1. The van der Waals surface area contributed by atoms with Crippen LogP contribution in [0, 0.1) is 10.1 Å². The lowest BCUT2D eigenvalue weighted by Gasteiger charge is -2.10. The van der Waals surface area contributed by atoms with Gasteiger partial charge in [-0.25, -0.2) is 4.79 Å². The summed E-state index contributed by atoms with van der Waals surface area (Å²) in [5, 5.41) is 12.7. The van der Waals surface area contributed by atoms with E-state index >= 15 is 0 Å². The minimum absolute atomic E-state index is 0. The normalized spacial score (nSPS) is 10.8. The first-order valence-corrected chi connectivity index (χ1v) is 6.38. The van der Waals surface area contributed by atoms with Crippen LogP contribution in [0.5, 0.6) is 5.75 Å². The first kappa shape index (κ1) is 21.5. The van der Waals surface area contributed by atoms with Gasteiger partial charge in [0.05, 0.1) is 24.5 Å². The molecule has 1 rings (SSSR count). The molecule has 1 aromatic rings. The summed E-state index contributed by atoms with van der Waals surface area (Å²) in [6.45, 7) is -0.468. The quantitative estimate of drug-likeness (QED) is 0.280. The standard InChI is InChI=1S/C13H15N3O7.BrH/c1-22-11(17)6-10(14)13(19)15-7-12(18)23-9-4-2-8(3-5-9)16(20)21;/h2-5,10H,6-7,14H2,1H3,(H,15,19);1H. The molecule has 0 aliphatic rings. The van der Waals surface area contributed by atoms with Crippen LogP contribution in [0.1, 0.15) is 6.42 Å². The summed E-state index contributed by atoms with van der Waals surface area (Å²) in [6.07, 6.45) is -0.320. The average Bonchev–Trinajstić information content (AvgIpc) is 2.52. The van der Waals surface area contributed by atoms with E-state index in [0.717, 1.165) is 7.11 Å². The fraction of sp³-hybridized carbons (Fsp3) is 0.308. The Morgan fingerprint density at radius 3 is 2.33 bits per heavy atom. The van der Waals surface area contributed by atoms with Gasteiger partial charge in [0.15, 0.2) is 0 Å². The zero-order valence-electron chi connectivity index (χ0n) is 12.6. The minimum atomic E-state index is -1.14. The second-order valence-corrected chi connectivity index (χ2v) is 4.33. The maximum Gasteiger partial charge on any atom is 0.330 e. The van der Waals surface area contributed by atoms with Gasteiger partial charge in [-0.05, 0) is 12.1 Å². The molecule has 0 bridgehead atoms. The molecule has 11 heteroatoms. The largest absolute Gasteiger partial charge is 0.469 e. The minimum Gasteiger partial charge on any atom is -0.469 e. The average molecular weight is 406 g/mol. The van der Waals surface area contributed by atoms with Crippen molar-refractivity contribution < 1.29 is 28.8 Å². The van der Waals surface area contributed by atoms with Crippen LogP contribution in [0.3, 0.4) is 0 Å². The highest BCUT2D eigenvalue weighted by molar-refractivity contribution is 8.93. The molecule has 0 aliphatic heterocycles. The number of non-ortho nitro benzene ring substituents is 1. The van der Waals surface area contributed by atoms with Crippen LogP contribution in [0.2, 0.25) is 0 Å². The number of carbonyl (C=O) groups is 3. The Labute approximate surface area is 147 Å². The molecular weight excluding hydrogens is 390 g/mol. The van der Waals surface area contributed by atoms with E-state index in [1.165, 1.54) is 24.3 Å². The van der Waals surface area contributed by atoms with Crippen molar-refractivity contribution in [2.75, 3.05) is 13.7 Å². The molecule has 24 heavy (non-hydrogen) atoms. The molecule has 0 spiro atoms. The Bertz CT molecular complexity index is 606. The monoisotopic (exact) mass is 405 g/mol. The highest BCUT2D eigenvalue weighted by Gasteiger charge is 2.19. The van der Waals surface area contributed by atoms with E-state index in [4.69, 9.17) is 10.5 Å². The van der Waals surface area contributed by atoms with Crippen LogP contribution in [0.15, 0.2) is 24.3 Å².